The molecule has 5 aromatic rings. The summed E-state index contributed by atoms with van der Waals surface area (Å²) in [5.41, 5.74) is 3.29. The molecule has 0 saturated carbocycles. The fraction of sp³-hybridized carbons (Fsp3) is 0.179. The van der Waals surface area contributed by atoms with E-state index >= 15 is 0 Å². The number of methoxy groups -OCH3 is 4. The molecule has 0 spiro atoms. The number of fused-ring (bicyclic) bond motifs is 2. The summed E-state index contributed by atoms with van der Waals surface area (Å²) in [6, 6.07) is 16.8. The first kappa shape index (κ1) is 22.4. The molecule has 0 radical (unpaired) electrons. The van der Waals surface area contributed by atoms with Crippen molar-refractivity contribution >= 4 is 27.7 Å². The molecule has 3 aromatic carbocycles. The van der Waals surface area contributed by atoms with Crippen molar-refractivity contribution in [2.45, 2.75) is 0 Å². The van der Waals surface area contributed by atoms with Crippen LogP contribution in [-0.2, 0) is 7.05 Å². The van der Waals surface area contributed by atoms with Gasteiger partial charge in [-0.05, 0) is 48.5 Å². The topological polar surface area (TPSA) is 72.1 Å². The lowest BCUT2D eigenvalue weighted by Crippen LogP contribution is -2.05. The third-order valence-electron chi connectivity index (χ3n) is 6.20. The summed E-state index contributed by atoms with van der Waals surface area (Å²) in [7, 11) is 8.15. The molecule has 0 fully saturated rings. The maximum absolute atomic E-state index is 14.0. The number of hydrogen-bond donors (Lipinski definition) is 0. The van der Waals surface area contributed by atoms with Gasteiger partial charge in [0.25, 0.3) is 0 Å². The highest BCUT2D eigenvalue weighted by atomic mass is 16.5. The van der Waals surface area contributed by atoms with E-state index in [4.69, 9.17) is 23.4 Å². The number of aryl methyl sites for hydroxylation is 1. The zero-order valence-corrected chi connectivity index (χ0v) is 20.2. The minimum Gasteiger partial charge on any atom is -0.497 e. The molecule has 2 heterocycles. The van der Waals surface area contributed by atoms with Crippen LogP contribution in [0.5, 0.6) is 23.0 Å². The normalized spacial score (nSPS) is 11.1. The first-order chi connectivity index (χ1) is 17.0. The first-order valence-electron chi connectivity index (χ1n) is 11.0. The van der Waals surface area contributed by atoms with Gasteiger partial charge in [-0.3, -0.25) is 4.79 Å². The Kier molecular flexibility index (Phi) is 5.61. The number of carbonyl (C=O) groups excluding carboxylic acids is 1. The number of carbonyl (C=O) groups is 1. The van der Waals surface area contributed by atoms with Crippen LogP contribution >= 0.6 is 0 Å². The number of hydrogen-bond acceptors (Lipinski definition) is 6. The minimum atomic E-state index is -0.226. The highest BCUT2D eigenvalue weighted by molar-refractivity contribution is 6.20. The molecule has 178 valence electrons. The van der Waals surface area contributed by atoms with Crippen LogP contribution in [0.4, 0.5) is 0 Å². The average Bonchev–Trinajstić information content (AvgIpc) is 3.46. The van der Waals surface area contributed by atoms with Gasteiger partial charge >= 0.3 is 0 Å². The highest BCUT2D eigenvalue weighted by Gasteiger charge is 2.26. The van der Waals surface area contributed by atoms with Crippen molar-refractivity contribution in [3.8, 4) is 34.3 Å². The van der Waals surface area contributed by atoms with Crippen LogP contribution in [0.15, 0.2) is 65.2 Å². The molecule has 0 bridgehead atoms. The van der Waals surface area contributed by atoms with Gasteiger partial charge in [0.2, 0.25) is 5.75 Å². The lowest BCUT2D eigenvalue weighted by atomic mass is 9.96. The monoisotopic (exact) mass is 471 g/mol. The molecule has 35 heavy (non-hydrogen) atoms. The summed E-state index contributed by atoms with van der Waals surface area (Å²) < 4.78 is 30.1. The maximum Gasteiger partial charge on any atom is 0.203 e. The van der Waals surface area contributed by atoms with Crippen LogP contribution < -0.4 is 18.9 Å². The zero-order valence-electron chi connectivity index (χ0n) is 20.2. The van der Waals surface area contributed by atoms with Gasteiger partial charge in [0.15, 0.2) is 17.3 Å². The van der Waals surface area contributed by atoms with Gasteiger partial charge in [0.05, 0.1) is 34.0 Å². The third kappa shape index (κ3) is 3.65. The molecule has 0 atom stereocenters. The Bertz CT molecular complexity index is 1550. The molecule has 0 aliphatic heterocycles. The molecule has 0 unspecified atom stereocenters. The van der Waals surface area contributed by atoms with Crippen molar-refractivity contribution < 1.29 is 28.2 Å². The van der Waals surface area contributed by atoms with E-state index in [-0.39, 0.29) is 5.78 Å². The second-order valence-corrected chi connectivity index (χ2v) is 8.11. The third-order valence-corrected chi connectivity index (χ3v) is 6.20. The molecule has 0 aliphatic carbocycles. The Morgan fingerprint density at radius 3 is 2.23 bits per heavy atom. The number of ether oxygens (including phenoxy) is 4. The SMILES string of the molecule is COc1ccc2c(C(=O)c3cc(OC)c(OC)c(OC)c3)c(-c3ccc4c(ccn4C)c3)oc2c1. The number of benzene rings is 3. The number of nitrogens with zero attached hydrogens (tertiary/aromatic N) is 1. The number of ketones is 1. The van der Waals surface area contributed by atoms with Crippen molar-refractivity contribution in [3.63, 3.8) is 0 Å². The highest BCUT2D eigenvalue weighted by Crippen LogP contribution is 2.42. The molecule has 7 nitrogen and oxygen atoms in total. The summed E-state index contributed by atoms with van der Waals surface area (Å²) >= 11 is 0. The van der Waals surface area contributed by atoms with Crippen molar-refractivity contribution in [3.05, 3.63) is 71.9 Å². The molecule has 0 amide bonds. The van der Waals surface area contributed by atoms with Gasteiger partial charge < -0.3 is 27.9 Å². The number of aromatic nitrogens is 1. The fourth-order valence-corrected chi connectivity index (χ4v) is 4.41. The van der Waals surface area contributed by atoms with Crippen molar-refractivity contribution in [2.75, 3.05) is 28.4 Å². The van der Waals surface area contributed by atoms with Gasteiger partial charge in [-0.25, -0.2) is 0 Å². The van der Waals surface area contributed by atoms with Crippen LogP contribution in [0.25, 0.3) is 33.2 Å². The van der Waals surface area contributed by atoms with E-state index < -0.39 is 0 Å². The summed E-state index contributed by atoms with van der Waals surface area (Å²) in [5.74, 6) is 2.12. The Morgan fingerprint density at radius 1 is 0.829 bits per heavy atom. The standard InChI is InChI=1S/C28H25NO6/c1-29-11-10-16-12-17(6-9-21(16)29)27-25(20-8-7-19(31-2)15-22(20)35-27)26(30)18-13-23(32-3)28(34-5)24(14-18)33-4/h6-15H,1-5H3. The second kappa shape index (κ2) is 8.76. The van der Waals surface area contributed by atoms with E-state index in [0.29, 0.717) is 50.9 Å². The van der Waals surface area contributed by atoms with Crippen molar-refractivity contribution in [1.82, 2.24) is 4.57 Å². The second-order valence-electron chi connectivity index (χ2n) is 8.11. The van der Waals surface area contributed by atoms with E-state index in [1.54, 1.807) is 25.3 Å². The lowest BCUT2D eigenvalue weighted by Gasteiger charge is -2.14. The van der Waals surface area contributed by atoms with Gasteiger partial charge in [0.1, 0.15) is 17.1 Å². The van der Waals surface area contributed by atoms with Gasteiger partial charge in [-0.15, -0.1) is 0 Å². The molecule has 2 aromatic heterocycles. The van der Waals surface area contributed by atoms with Gasteiger partial charge in [-0.1, -0.05) is 0 Å². The van der Waals surface area contributed by atoms with E-state index in [0.717, 1.165) is 16.5 Å². The van der Waals surface area contributed by atoms with Crippen molar-refractivity contribution in [1.29, 1.82) is 0 Å². The maximum atomic E-state index is 14.0. The Hall–Kier alpha value is -4.39. The first-order valence-corrected chi connectivity index (χ1v) is 11.0. The van der Waals surface area contributed by atoms with Crippen LogP contribution in [-0.4, -0.2) is 38.8 Å². The average molecular weight is 472 g/mol. The summed E-state index contributed by atoms with van der Waals surface area (Å²) in [5, 5.41) is 1.74. The molecule has 7 heteroatoms. The smallest absolute Gasteiger partial charge is 0.203 e. The van der Waals surface area contributed by atoms with E-state index in [1.165, 1.54) is 21.3 Å². The Labute approximate surface area is 202 Å². The van der Waals surface area contributed by atoms with E-state index in [1.807, 2.05) is 54.2 Å². The van der Waals surface area contributed by atoms with Gasteiger partial charge in [-0.2, -0.15) is 0 Å². The summed E-state index contributed by atoms with van der Waals surface area (Å²) in [6.07, 6.45) is 2.00. The van der Waals surface area contributed by atoms with Crippen LogP contribution in [0.1, 0.15) is 15.9 Å². The molecular formula is C28H25NO6. The predicted octanol–water partition coefficient (Wildman–Crippen LogP) is 5.86. The summed E-state index contributed by atoms with van der Waals surface area (Å²) in [6.45, 7) is 0. The molecular weight excluding hydrogens is 446 g/mol. The van der Waals surface area contributed by atoms with E-state index in [2.05, 4.69) is 0 Å². The largest absolute Gasteiger partial charge is 0.497 e. The molecule has 0 saturated heterocycles. The van der Waals surface area contributed by atoms with Gasteiger partial charge in [0, 0.05) is 46.7 Å². The summed E-state index contributed by atoms with van der Waals surface area (Å²) in [4.78, 5) is 14.0. The van der Waals surface area contributed by atoms with Crippen LogP contribution in [0.2, 0.25) is 0 Å². The van der Waals surface area contributed by atoms with Crippen LogP contribution in [0, 0.1) is 0 Å². The Morgan fingerprint density at radius 2 is 1.57 bits per heavy atom. The Balaban J connectivity index is 1.75. The quantitative estimate of drug-likeness (QED) is 0.277. The van der Waals surface area contributed by atoms with E-state index in [9.17, 15) is 4.79 Å². The van der Waals surface area contributed by atoms with Crippen molar-refractivity contribution in [2.24, 2.45) is 7.05 Å². The number of furan rings is 1. The molecule has 5 rings (SSSR count). The number of rotatable bonds is 7. The minimum absolute atomic E-state index is 0.226. The lowest BCUT2D eigenvalue weighted by molar-refractivity contribution is 0.103. The predicted molar refractivity (Wildman–Crippen MR) is 134 cm³/mol. The zero-order chi connectivity index (χ0) is 24.7. The molecule has 0 aliphatic rings. The molecule has 0 N–H and O–H groups in total. The van der Waals surface area contributed by atoms with Crippen LogP contribution in [0.3, 0.4) is 0 Å². The fourth-order valence-electron chi connectivity index (χ4n) is 4.41.